The van der Waals surface area contributed by atoms with E-state index in [1.54, 1.807) is 2.78 Å². The molecule has 2 aromatic heterocycles. The predicted octanol–water partition coefficient (Wildman–Crippen LogP) is -0.287. The minimum atomic E-state index is -0.314. The molecule has 7 heteroatoms. The van der Waals surface area contributed by atoms with Crippen LogP contribution >= 0.6 is 22.9 Å². The molecule has 0 aliphatic carbocycles. The molecule has 11 heavy (non-hydrogen) atoms. The van der Waals surface area contributed by atoms with Gasteiger partial charge in [-0.3, -0.25) is 7.58 Å². The van der Waals surface area contributed by atoms with Crippen molar-refractivity contribution < 1.29 is 0 Å². The van der Waals surface area contributed by atoms with E-state index in [4.69, 9.17) is 0 Å². The standard InChI is InChI=1S/C4H2IN5O/c5-10-1-6-2-3(10)7-9-8-4(2)11/h1H,(H,7,8,11). The number of H-pyrrole nitrogens is 1. The summed E-state index contributed by atoms with van der Waals surface area (Å²) >= 11 is 1.97. The molecule has 0 aliphatic heterocycles. The lowest BCUT2D eigenvalue weighted by atomic mass is 10.6. The highest BCUT2D eigenvalue weighted by Crippen LogP contribution is 2.05. The van der Waals surface area contributed by atoms with Gasteiger partial charge in [-0.25, -0.2) is 10.1 Å². The van der Waals surface area contributed by atoms with Crippen LogP contribution in [-0.2, 0) is 0 Å². The largest absolute Gasteiger partial charge is 0.295 e. The third-order valence-corrected chi connectivity index (χ3v) is 1.92. The van der Waals surface area contributed by atoms with Gasteiger partial charge in [0, 0.05) is 0 Å². The van der Waals surface area contributed by atoms with Gasteiger partial charge in [-0.1, -0.05) is 5.21 Å². The van der Waals surface area contributed by atoms with Gasteiger partial charge in [-0.2, -0.15) is 0 Å². The van der Waals surface area contributed by atoms with Crippen LogP contribution in [0.5, 0.6) is 0 Å². The normalized spacial score (nSPS) is 10.6. The van der Waals surface area contributed by atoms with Gasteiger partial charge in [-0.15, -0.1) is 5.10 Å². The summed E-state index contributed by atoms with van der Waals surface area (Å²) in [4.78, 5) is 14.8. The molecule has 0 fully saturated rings. The van der Waals surface area contributed by atoms with Crippen molar-refractivity contribution in [1.82, 2.24) is 23.2 Å². The molecule has 56 valence electrons. The molecule has 1 N–H and O–H groups in total. The summed E-state index contributed by atoms with van der Waals surface area (Å²) in [5, 5.41) is 9.27. The van der Waals surface area contributed by atoms with E-state index in [0.717, 1.165) is 0 Å². The van der Waals surface area contributed by atoms with Gasteiger partial charge < -0.3 is 0 Å². The molecule has 0 atom stereocenters. The fourth-order valence-electron chi connectivity index (χ4n) is 0.743. The Balaban J connectivity index is 3.06. The zero-order chi connectivity index (χ0) is 7.84. The lowest BCUT2D eigenvalue weighted by Crippen LogP contribution is -2.09. The van der Waals surface area contributed by atoms with Crippen LogP contribution in [0.2, 0.25) is 0 Å². The monoisotopic (exact) mass is 263 g/mol. The van der Waals surface area contributed by atoms with Gasteiger partial charge in [0.25, 0.3) is 5.56 Å². The van der Waals surface area contributed by atoms with E-state index in [2.05, 4.69) is 20.4 Å². The first-order valence-corrected chi connectivity index (χ1v) is 3.70. The zero-order valence-corrected chi connectivity index (χ0v) is 7.31. The second-order valence-electron chi connectivity index (χ2n) is 1.87. The molecule has 0 aromatic carbocycles. The number of imidazole rings is 1. The van der Waals surface area contributed by atoms with Crippen LogP contribution in [0.25, 0.3) is 11.2 Å². The highest BCUT2D eigenvalue weighted by atomic mass is 127. The Morgan fingerprint density at radius 3 is 3.18 bits per heavy atom. The number of hydrogen-bond acceptors (Lipinski definition) is 4. The lowest BCUT2D eigenvalue weighted by molar-refractivity contribution is 0.864. The van der Waals surface area contributed by atoms with E-state index < -0.39 is 0 Å². The van der Waals surface area contributed by atoms with Gasteiger partial charge in [0.2, 0.25) is 0 Å². The molecule has 0 aliphatic rings. The van der Waals surface area contributed by atoms with Crippen LogP contribution in [0.4, 0.5) is 0 Å². The fraction of sp³-hybridized carbons (Fsp3) is 0. The first-order valence-electron chi connectivity index (χ1n) is 2.73. The third kappa shape index (κ3) is 0.914. The van der Waals surface area contributed by atoms with Crippen molar-refractivity contribution in [3.05, 3.63) is 16.7 Å². The summed E-state index contributed by atoms with van der Waals surface area (Å²) in [6, 6.07) is 0. The van der Waals surface area contributed by atoms with Crippen molar-refractivity contribution in [2.75, 3.05) is 0 Å². The first-order chi connectivity index (χ1) is 5.29. The van der Waals surface area contributed by atoms with Crippen molar-refractivity contribution in [2.24, 2.45) is 0 Å². The molecule has 0 amide bonds. The molecule has 0 radical (unpaired) electrons. The molecule has 0 saturated heterocycles. The van der Waals surface area contributed by atoms with E-state index >= 15 is 0 Å². The van der Waals surface area contributed by atoms with Gasteiger partial charge in [0.15, 0.2) is 11.2 Å². The Kier molecular flexibility index (Phi) is 1.37. The molecule has 2 aromatic rings. The van der Waals surface area contributed by atoms with Crippen molar-refractivity contribution in [3.8, 4) is 0 Å². The van der Waals surface area contributed by atoms with Crippen LogP contribution in [0.3, 0.4) is 0 Å². The molecule has 2 rings (SSSR count). The van der Waals surface area contributed by atoms with Crippen LogP contribution < -0.4 is 5.56 Å². The van der Waals surface area contributed by atoms with Crippen LogP contribution in [-0.4, -0.2) is 23.2 Å². The van der Waals surface area contributed by atoms with Crippen LogP contribution in [0.15, 0.2) is 11.1 Å². The Bertz CT molecular complexity index is 445. The van der Waals surface area contributed by atoms with E-state index in [1.807, 2.05) is 22.9 Å². The van der Waals surface area contributed by atoms with Crippen LogP contribution in [0.1, 0.15) is 0 Å². The number of halogens is 1. The van der Waals surface area contributed by atoms with Gasteiger partial charge in [-0.05, 0) is 0 Å². The van der Waals surface area contributed by atoms with Gasteiger partial charge in [0.1, 0.15) is 6.33 Å². The topological polar surface area (TPSA) is 76.5 Å². The number of aromatic amines is 1. The maximum absolute atomic E-state index is 11.0. The van der Waals surface area contributed by atoms with Crippen molar-refractivity contribution in [2.45, 2.75) is 0 Å². The maximum Gasteiger partial charge on any atom is 0.295 e. The Hall–Kier alpha value is -0.990. The summed E-state index contributed by atoms with van der Waals surface area (Å²) in [6.45, 7) is 0. The second-order valence-corrected chi connectivity index (χ2v) is 2.91. The van der Waals surface area contributed by atoms with Crippen LogP contribution in [0, 0.1) is 0 Å². The van der Waals surface area contributed by atoms with E-state index in [0.29, 0.717) is 11.2 Å². The quantitative estimate of drug-likeness (QED) is 0.663. The van der Waals surface area contributed by atoms with E-state index in [-0.39, 0.29) is 5.56 Å². The number of fused-ring (bicyclic) bond motifs is 1. The molecule has 0 saturated carbocycles. The molecule has 0 spiro atoms. The number of nitrogens with one attached hydrogen (secondary N) is 1. The number of hydrogen-bond donors (Lipinski definition) is 1. The average molecular weight is 263 g/mol. The first kappa shape index (κ1) is 6.70. The SMILES string of the molecule is O=c1[nH]nnc2c1ncn2I. The van der Waals surface area contributed by atoms with Gasteiger partial charge in [0.05, 0.1) is 22.9 Å². The highest BCUT2D eigenvalue weighted by Gasteiger charge is 2.04. The molecule has 6 nitrogen and oxygen atoms in total. The Labute approximate surface area is 74.1 Å². The van der Waals surface area contributed by atoms with E-state index in [1.165, 1.54) is 6.33 Å². The second kappa shape index (κ2) is 2.26. The highest BCUT2D eigenvalue weighted by molar-refractivity contribution is 14.1. The van der Waals surface area contributed by atoms with Crippen molar-refractivity contribution in [3.63, 3.8) is 0 Å². The molecular formula is C4H2IN5O. The summed E-state index contributed by atoms with van der Waals surface area (Å²) in [5.41, 5.74) is 0.481. The average Bonchev–Trinajstić information content (AvgIpc) is 2.35. The third-order valence-electron chi connectivity index (χ3n) is 1.21. The summed E-state index contributed by atoms with van der Waals surface area (Å²) in [5.74, 6) is 0. The predicted molar refractivity (Wildman–Crippen MR) is 45.4 cm³/mol. The number of rotatable bonds is 0. The Morgan fingerprint density at radius 1 is 1.64 bits per heavy atom. The molecule has 0 bridgehead atoms. The van der Waals surface area contributed by atoms with Crippen molar-refractivity contribution in [1.29, 1.82) is 0 Å². The zero-order valence-electron chi connectivity index (χ0n) is 5.15. The maximum atomic E-state index is 11.0. The molecule has 0 unspecified atom stereocenters. The molecule has 2 heterocycles. The summed E-state index contributed by atoms with van der Waals surface area (Å²) < 4.78 is 1.61. The number of nitrogens with zero attached hydrogens (tertiary/aromatic N) is 4. The van der Waals surface area contributed by atoms with Gasteiger partial charge >= 0.3 is 0 Å². The fourth-order valence-corrected chi connectivity index (χ4v) is 1.19. The Morgan fingerprint density at radius 2 is 2.45 bits per heavy atom. The molecular weight excluding hydrogens is 261 g/mol. The van der Waals surface area contributed by atoms with Crippen molar-refractivity contribution >= 4 is 34.0 Å². The summed E-state index contributed by atoms with van der Waals surface area (Å²) in [7, 11) is 0. The van der Waals surface area contributed by atoms with E-state index in [9.17, 15) is 4.79 Å². The number of aromatic nitrogens is 5. The summed E-state index contributed by atoms with van der Waals surface area (Å²) in [6.07, 6.45) is 1.51. The smallest absolute Gasteiger partial charge is 0.265 e. The lowest BCUT2D eigenvalue weighted by Gasteiger charge is -1.85. The minimum Gasteiger partial charge on any atom is -0.265 e. The minimum absolute atomic E-state index is 0.314.